The maximum Gasteiger partial charge on any atom is 0.472 e. The van der Waals surface area contributed by atoms with Crippen molar-refractivity contribution in [3.05, 3.63) is 0 Å². The van der Waals surface area contributed by atoms with Gasteiger partial charge in [-0.2, -0.15) is 0 Å². The van der Waals surface area contributed by atoms with E-state index in [4.69, 9.17) is 37.0 Å². The highest BCUT2D eigenvalue weighted by atomic mass is 31.2. The largest absolute Gasteiger partial charge is 0.472 e. The van der Waals surface area contributed by atoms with Crippen LogP contribution in [0.5, 0.6) is 0 Å². The first-order valence-electron chi connectivity index (χ1n) is 43.7. The summed E-state index contributed by atoms with van der Waals surface area (Å²) in [6.07, 6.45) is 62.4. The van der Waals surface area contributed by atoms with Crippen molar-refractivity contribution in [2.75, 3.05) is 39.6 Å². The van der Waals surface area contributed by atoms with Gasteiger partial charge in [0.1, 0.15) is 19.3 Å². The molecule has 0 spiro atoms. The second kappa shape index (κ2) is 73.8. The molecular formula is C85H166O17P2. The Labute approximate surface area is 638 Å². The Balaban J connectivity index is 5.27. The number of hydrogen-bond acceptors (Lipinski definition) is 15. The highest BCUT2D eigenvalue weighted by Crippen LogP contribution is 2.45. The maximum absolute atomic E-state index is 13.1. The van der Waals surface area contributed by atoms with Crippen molar-refractivity contribution < 1.29 is 80.2 Å². The van der Waals surface area contributed by atoms with Crippen LogP contribution in [0.25, 0.3) is 0 Å². The summed E-state index contributed by atoms with van der Waals surface area (Å²) >= 11 is 0. The maximum atomic E-state index is 13.1. The summed E-state index contributed by atoms with van der Waals surface area (Å²) in [7, 11) is -9.93. The van der Waals surface area contributed by atoms with Crippen molar-refractivity contribution in [3.8, 4) is 0 Å². The molecule has 0 aliphatic rings. The summed E-state index contributed by atoms with van der Waals surface area (Å²) < 4.78 is 68.9. The van der Waals surface area contributed by atoms with E-state index in [-0.39, 0.29) is 25.7 Å². The van der Waals surface area contributed by atoms with E-state index >= 15 is 0 Å². The Morgan fingerprint density at radius 3 is 0.596 bits per heavy atom. The number of phosphoric ester groups is 2. The number of ether oxygens (including phenoxy) is 4. The zero-order chi connectivity index (χ0) is 76.7. The van der Waals surface area contributed by atoms with Gasteiger partial charge in [-0.25, -0.2) is 9.13 Å². The lowest BCUT2D eigenvalue weighted by atomic mass is 10.0. The third-order valence-electron chi connectivity index (χ3n) is 19.8. The van der Waals surface area contributed by atoms with Crippen LogP contribution in [0.4, 0.5) is 0 Å². The van der Waals surface area contributed by atoms with E-state index in [9.17, 15) is 43.2 Å². The topological polar surface area (TPSA) is 237 Å². The smallest absolute Gasteiger partial charge is 0.462 e. The molecule has 0 aliphatic heterocycles. The van der Waals surface area contributed by atoms with Crippen LogP contribution in [-0.2, 0) is 65.4 Å². The SMILES string of the molecule is CC(C)CCCCCCCCCCCCCCCCCCC(=O)O[C@H](COC(=O)CCCCCCCCCCCCCCCCC(C)C)COP(=O)(O)OC[C@@H](O)COP(=O)(O)OC[C@@H](COC(=O)CCCCCCCCCCCC(C)C)OC(=O)CCCCCCCCCCCCCCCC(C)C. The number of esters is 4. The Bertz CT molecular complexity index is 2020. The summed E-state index contributed by atoms with van der Waals surface area (Å²) in [4.78, 5) is 73.2. The van der Waals surface area contributed by atoms with E-state index in [0.29, 0.717) is 25.7 Å². The van der Waals surface area contributed by atoms with Crippen LogP contribution in [0.3, 0.4) is 0 Å². The standard InChI is InChI=1S/C85H166O17P2/c1-75(2)61-53-45-37-29-22-16-11-9-10-12-20-26-34-43-51-59-67-84(89)101-80(71-95-82(87)65-57-49-41-33-25-19-14-13-17-23-30-38-46-54-62-76(3)4)73-99-103(91,92)97-69-79(86)70-98-104(93,94)100-74-81(72-96-83(88)66-58-50-42-36-28-32-40-48-56-64-78(7)8)102-85(90)68-60-52-44-35-27-21-15-18-24-31-39-47-55-63-77(5)6/h75-81,86H,9-74H2,1-8H3,(H,91,92)(H,93,94)/t79-,80-,81-/m1/s1. The number of phosphoric acid groups is 2. The fraction of sp³-hybridized carbons (Fsp3) is 0.953. The molecular weight excluding hydrogens is 1350 g/mol. The van der Waals surface area contributed by atoms with E-state index in [1.165, 1.54) is 244 Å². The molecule has 0 radical (unpaired) electrons. The van der Waals surface area contributed by atoms with E-state index in [0.717, 1.165) is 114 Å². The summed E-state index contributed by atoms with van der Waals surface area (Å²) in [5.74, 6) is 1.03. The van der Waals surface area contributed by atoms with Crippen molar-refractivity contribution in [2.45, 2.75) is 459 Å². The lowest BCUT2D eigenvalue weighted by molar-refractivity contribution is -0.161. The van der Waals surface area contributed by atoms with Gasteiger partial charge in [0.05, 0.1) is 26.4 Å². The highest BCUT2D eigenvalue weighted by Gasteiger charge is 2.30. The summed E-state index contributed by atoms with van der Waals surface area (Å²) in [6, 6.07) is 0. The van der Waals surface area contributed by atoms with Crippen LogP contribution < -0.4 is 0 Å². The van der Waals surface area contributed by atoms with Gasteiger partial charge in [-0.3, -0.25) is 37.3 Å². The van der Waals surface area contributed by atoms with Gasteiger partial charge in [-0.15, -0.1) is 0 Å². The number of carbonyl (C=O) groups is 4. The van der Waals surface area contributed by atoms with E-state index in [1.54, 1.807) is 0 Å². The lowest BCUT2D eigenvalue weighted by Crippen LogP contribution is -2.30. The molecule has 0 amide bonds. The first kappa shape index (κ1) is 102. The molecule has 0 bridgehead atoms. The van der Waals surface area contributed by atoms with Crippen LogP contribution in [-0.4, -0.2) is 96.7 Å². The number of carbonyl (C=O) groups excluding carboxylic acids is 4. The van der Waals surface area contributed by atoms with E-state index in [1.807, 2.05) is 0 Å². The molecule has 0 aromatic carbocycles. The van der Waals surface area contributed by atoms with Crippen LogP contribution in [0.1, 0.15) is 441 Å². The second-order valence-corrected chi connectivity index (χ2v) is 35.4. The fourth-order valence-electron chi connectivity index (χ4n) is 13.1. The molecule has 19 heteroatoms. The highest BCUT2D eigenvalue weighted by molar-refractivity contribution is 7.47. The quantitative estimate of drug-likeness (QED) is 0.0222. The Morgan fingerprint density at radius 2 is 0.404 bits per heavy atom. The van der Waals surface area contributed by atoms with Crippen molar-refractivity contribution >= 4 is 39.5 Å². The molecule has 0 aromatic rings. The lowest BCUT2D eigenvalue weighted by Gasteiger charge is -2.21. The van der Waals surface area contributed by atoms with Crippen molar-refractivity contribution in [1.29, 1.82) is 0 Å². The molecule has 0 rings (SSSR count). The molecule has 0 saturated carbocycles. The Kier molecular flexibility index (Phi) is 72.5. The zero-order valence-electron chi connectivity index (χ0n) is 68.7. The van der Waals surface area contributed by atoms with Crippen LogP contribution in [0.15, 0.2) is 0 Å². The normalized spacial score (nSPS) is 14.0. The van der Waals surface area contributed by atoms with Gasteiger partial charge >= 0.3 is 39.5 Å². The van der Waals surface area contributed by atoms with Crippen molar-refractivity contribution in [1.82, 2.24) is 0 Å². The summed E-state index contributed by atoms with van der Waals surface area (Å²) in [6.45, 7) is 14.3. The van der Waals surface area contributed by atoms with Gasteiger partial charge in [0.15, 0.2) is 12.2 Å². The van der Waals surface area contributed by atoms with E-state index in [2.05, 4.69) is 55.4 Å². The number of aliphatic hydroxyl groups is 1. The van der Waals surface area contributed by atoms with Gasteiger partial charge in [-0.05, 0) is 49.4 Å². The monoisotopic (exact) mass is 1520 g/mol. The van der Waals surface area contributed by atoms with Gasteiger partial charge in [0, 0.05) is 25.7 Å². The zero-order valence-corrected chi connectivity index (χ0v) is 70.5. The Morgan fingerprint density at radius 1 is 0.240 bits per heavy atom. The average molecular weight is 1520 g/mol. The molecule has 618 valence electrons. The number of aliphatic hydroxyl groups excluding tert-OH is 1. The predicted molar refractivity (Wildman–Crippen MR) is 428 cm³/mol. The van der Waals surface area contributed by atoms with Gasteiger partial charge in [0.2, 0.25) is 0 Å². The van der Waals surface area contributed by atoms with Gasteiger partial charge < -0.3 is 33.8 Å². The van der Waals surface area contributed by atoms with Crippen molar-refractivity contribution in [3.63, 3.8) is 0 Å². The van der Waals surface area contributed by atoms with Crippen LogP contribution >= 0.6 is 15.6 Å². The van der Waals surface area contributed by atoms with Crippen LogP contribution in [0, 0.1) is 23.7 Å². The number of unbranched alkanes of at least 4 members (excludes halogenated alkanes) is 48. The molecule has 0 saturated heterocycles. The molecule has 2 unspecified atom stereocenters. The minimum Gasteiger partial charge on any atom is -0.462 e. The average Bonchev–Trinajstić information content (AvgIpc) is 0.907. The van der Waals surface area contributed by atoms with Gasteiger partial charge in [-0.1, -0.05) is 389 Å². The van der Waals surface area contributed by atoms with Gasteiger partial charge in [0.25, 0.3) is 0 Å². The summed E-state index contributed by atoms with van der Waals surface area (Å²) in [5, 5.41) is 10.7. The number of rotatable bonds is 82. The molecule has 0 fully saturated rings. The fourth-order valence-corrected chi connectivity index (χ4v) is 14.7. The first-order valence-corrected chi connectivity index (χ1v) is 46.7. The molecule has 0 aromatic heterocycles. The van der Waals surface area contributed by atoms with E-state index < -0.39 is 97.5 Å². The Hall–Kier alpha value is -1.94. The minimum atomic E-state index is -4.97. The van der Waals surface area contributed by atoms with Crippen LogP contribution in [0.2, 0.25) is 0 Å². The molecule has 3 N–H and O–H groups in total. The summed E-state index contributed by atoms with van der Waals surface area (Å²) in [5.41, 5.74) is 0. The second-order valence-electron chi connectivity index (χ2n) is 32.5. The molecule has 17 nitrogen and oxygen atoms in total. The minimum absolute atomic E-state index is 0.107. The molecule has 0 heterocycles. The predicted octanol–water partition coefficient (Wildman–Crippen LogP) is 25.6. The van der Waals surface area contributed by atoms with Crippen molar-refractivity contribution in [2.24, 2.45) is 23.7 Å². The first-order chi connectivity index (χ1) is 50.1. The molecule has 5 atom stereocenters. The third-order valence-corrected chi connectivity index (χ3v) is 21.7. The molecule has 0 aliphatic carbocycles. The molecule has 104 heavy (non-hydrogen) atoms. The third kappa shape index (κ3) is 78.2. The number of hydrogen-bond donors (Lipinski definition) is 3.